The molecule has 3 aromatic rings. The molecule has 0 atom stereocenters. The summed E-state index contributed by atoms with van der Waals surface area (Å²) in [5, 5.41) is 3.34. The molecule has 1 N–H and O–H groups in total. The number of imidazole rings is 2. The largest absolute Gasteiger partial charge is 0.356 e. The van der Waals surface area contributed by atoms with Crippen molar-refractivity contribution in [2.45, 2.75) is 13.0 Å². The summed E-state index contributed by atoms with van der Waals surface area (Å²) in [6.45, 7) is 1.99. The van der Waals surface area contributed by atoms with Gasteiger partial charge < -0.3 is 14.5 Å². The summed E-state index contributed by atoms with van der Waals surface area (Å²) in [5.41, 5.74) is 4.19. The first-order valence-corrected chi connectivity index (χ1v) is 7.45. The lowest BCUT2D eigenvalue weighted by molar-refractivity contribution is 0.618. The van der Waals surface area contributed by atoms with Crippen molar-refractivity contribution in [3.05, 3.63) is 29.1 Å². The lowest BCUT2D eigenvalue weighted by Crippen LogP contribution is -2.17. The van der Waals surface area contributed by atoms with Gasteiger partial charge in [0.1, 0.15) is 10.3 Å². The maximum atomic E-state index is 4.70. The van der Waals surface area contributed by atoms with E-state index in [9.17, 15) is 0 Å². The van der Waals surface area contributed by atoms with E-state index in [0.29, 0.717) is 0 Å². The quantitative estimate of drug-likeness (QED) is 0.745. The van der Waals surface area contributed by atoms with Crippen LogP contribution in [0.5, 0.6) is 0 Å². The molecule has 1 aliphatic heterocycles. The van der Waals surface area contributed by atoms with E-state index in [2.05, 4.69) is 49.0 Å². The molecule has 0 bridgehead atoms. The van der Waals surface area contributed by atoms with Crippen molar-refractivity contribution in [2.24, 2.45) is 7.05 Å². The Balaban J connectivity index is 1.88. The third-order valence-electron chi connectivity index (χ3n) is 3.75. The summed E-state index contributed by atoms with van der Waals surface area (Å²) >= 11 is 3.68. The van der Waals surface area contributed by atoms with Gasteiger partial charge in [0.25, 0.3) is 0 Å². The molecule has 0 amide bonds. The van der Waals surface area contributed by atoms with Gasteiger partial charge in [-0.05, 0) is 34.5 Å². The van der Waals surface area contributed by atoms with Crippen LogP contribution in [0.1, 0.15) is 6.42 Å². The Labute approximate surface area is 124 Å². The summed E-state index contributed by atoms with van der Waals surface area (Å²) in [7, 11) is 2.00. The highest BCUT2D eigenvalue weighted by molar-refractivity contribution is 9.10. The average molecular weight is 332 g/mol. The molecule has 102 valence electrons. The summed E-state index contributed by atoms with van der Waals surface area (Å²) in [5.74, 6) is 0.944. The van der Waals surface area contributed by atoms with Crippen LogP contribution in [0.15, 0.2) is 29.1 Å². The van der Waals surface area contributed by atoms with Gasteiger partial charge in [0, 0.05) is 25.7 Å². The molecule has 0 spiro atoms. The van der Waals surface area contributed by atoms with Gasteiger partial charge in [0.05, 0.1) is 17.4 Å². The molecule has 0 saturated heterocycles. The molecular formula is C14H14BrN5. The van der Waals surface area contributed by atoms with Crippen LogP contribution >= 0.6 is 15.9 Å². The van der Waals surface area contributed by atoms with Gasteiger partial charge in [-0.3, -0.25) is 0 Å². The Morgan fingerprint density at radius 1 is 1.35 bits per heavy atom. The van der Waals surface area contributed by atoms with Gasteiger partial charge in [0.15, 0.2) is 0 Å². The van der Waals surface area contributed by atoms with Crippen LogP contribution in [0.4, 0.5) is 5.95 Å². The Hall–Kier alpha value is -1.82. The van der Waals surface area contributed by atoms with Crippen LogP contribution in [0.2, 0.25) is 0 Å². The Morgan fingerprint density at radius 3 is 3.10 bits per heavy atom. The molecule has 1 aromatic carbocycles. The SMILES string of the molecule is Cn1cnc2cc(-c3nc4n(c3Br)CCCN4)ccc21. The van der Waals surface area contributed by atoms with Crippen LogP contribution in [-0.4, -0.2) is 25.6 Å². The van der Waals surface area contributed by atoms with Crippen LogP contribution in [-0.2, 0) is 13.6 Å². The van der Waals surface area contributed by atoms with Crippen molar-refractivity contribution in [1.82, 2.24) is 19.1 Å². The molecule has 4 rings (SSSR count). The fraction of sp³-hybridized carbons (Fsp3) is 0.286. The number of hydrogen-bond donors (Lipinski definition) is 1. The standard InChI is InChI=1S/C14H14BrN5/c1-19-8-17-10-7-9(3-4-11(10)19)12-13(15)20-6-2-5-16-14(20)18-12/h3-4,7-8H,2,5-6H2,1H3,(H,16,18). The van der Waals surface area contributed by atoms with Crippen molar-refractivity contribution in [2.75, 3.05) is 11.9 Å². The number of nitrogens with zero attached hydrogens (tertiary/aromatic N) is 4. The first-order valence-electron chi connectivity index (χ1n) is 6.65. The van der Waals surface area contributed by atoms with Gasteiger partial charge in [-0.25, -0.2) is 9.97 Å². The minimum absolute atomic E-state index is 0.944. The number of anilines is 1. The fourth-order valence-electron chi connectivity index (χ4n) is 2.68. The number of halogens is 1. The second-order valence-electron chi connectivity index (χ2n) is 5.07. The molecule has 0 aliphatic carbocycles. The molecule has 2 aromatic heterocycles. The second-order valence-corrected chi connectivity index (χ2v) is 5.82. The van der Waals surface area contributed by atoms with Gasteiger partial charge in [-0.2, -0.15) is 0 Å². The van der Waals surface area contributed by atoms with E-state index in [0.717, 1.165) is 52.4 Å². The highest BCUT2D eigenvalue weighted by Gasteiger charge is 2.19. The maximum Gasteiger partial charge on any atom is 0.204 e. The molecule has 20 heavy (non-hydrogen) atoms. The topological polar surface area (TPSA) is 47.7 Å². The molecule has 5 nitrogen and oxygen atoms in total. The number of aromatic nitrogens is 4. The van der Waals surface area contributed by atoms with E-state index < -0.39 is 0 Å². The third kappa shape index (κ3) is 1.67. The van der Waals surface area contributed by atoms with Gasteiger partial charge >= 0.3 is 0 Å². The first kappa shape index (κ1) is 12.0. The highest BCUT2D eigenvalue weighted by Crippen LogP contribution is 2.33. The number of benzene rings is 1. The van der Waals surface area contributed by atoms with E-state index in [4.69, 9.17) is 4.98 Å². The molecular weight excluding hydrogens is 318 g/mol. The monoisotopic (exact) mass is 331 g/mol. The Morgan fingerprint density at radius 2 is 2.25 bits per heavy atom. The van der Waals surface area contributed by atoms with Crippen LogP contribution in [0.3, 0.4) is 0 Å². The van der Waals surface area contributed by atoms with Gasteiger partial charge in [-0.15, -0.1) is 0 Å². The van der Waals surface area contributed by atoms with E-state index >= 15 is 0 Å². The minimum Gasteiger partial charge on any atom is -0.356 e. The molecule has 0 unspecified atom stereocenters. The van der Waals surface area contributed by atoms with E-state index in [-0.39, 0.29) is 0 Å². The number of aryl methyl sites for hydroxylation is 1. The van der Waals surface area contributed by atoms with E-state index in [1.807, 2.05) is 17.9 Å². The molecule has 1 aliphatic rings. The van der Waals surface area contributed by atoms with Crippen LogP contribution in [0.25, 0.3) is 22.3 Å². The summed E-state index contributed by atoms with van der Waals surface area (Å²) in [4.78, 5) is 9.12. The van der Waals surface area contributed by atoms with Crippen molar-refractivity contribution in [3.63, 3.8) is 0 Å². The van der Waals surface area contributed by atoms with E-state index in [1.165, 1.54) is 0 Å². The highest BCUT2D eigenvalue weighted by atomic mass is 79.9. The molecule has 0 radical (unpaired) electrons. The number of rotatable bonds is 1. The van der Waals surface area contributed by atoms with Crippen molar-refractivity contribution in [3.8, 4) is 11.3 Å². The third-order valence-corrected chi connectivity index (χ3v) is 4.55. The Kier molecular flexibility index (Phi) is 2.60. The smallest absolute Gasteiger partial charge is 0.204 e. The molecule has 6 heteroatoms. The zero-order valence-electron chi connectivity index (χ0n) is 11.1. The predicted octanol–water partition coefficient (Wildman–Crippen LogP) is 3.01. The molecule has 3 heterocycles. The average Bonchev–Trinajstić information content (AvgIpc) is 3.01. The number of hydrogen-bond acceptors (Lipinski definition) is 3. The lowest BCUT2D eigenvalue weighted by atomic mass is 10.1. The predicted molar refractivity (Wildman–Crippen MR) is 82.7 cm³/mol. The zero-order valence-corrected chi connectivity index (χ0v) is 12.7. The lowest BCUT2D eigenvalue weighted by Gasteiger charge is -2.15. The fourth-order valence-corrected chi connectivity index (χ4v) is 3.34. The molecule has 0 saturated carbocycles. The van der Waals surface area contributed by atoms with Crippen molar-refractivity contribution in [1.29, 1.82) is 0 Å². The summed E-state index contributed by atoms with van der Waals surface area (Å²) < 4.78 is 5.24. The van der Waals surface area contributed by atoms with Gasteiger partial charge in [-0.1, -0.05) is 6.07 Å². The second kappa shape index (κ2) is 4.34. The van der Waals surface area contributed by atoms with Gasteiger partial charge in [0.2, 0.25) is 5.95 Å². The summed E-state index contributed by atoms with van der Waals surface area (Å²) in [6, 6.07) is 6.29. The van der Waals surface area contributed by atoms with Crippen LogP contribution < -0.4 is 5.32 Å². The van der Waals surface area contributed by atoms with Crippen LogP contribution in [0, 0.1) is 0 Å². The van der Waals surface area contributed by atoms with E-state index in [1.54, 1.807) is 0 Å². The number of nitrogens with one attached hydrogen (secondary N) is 1. The maximum absolute atomic E-state index is 4.70. The number of fused-ring (bicyclic) bond motifs is 2. The molecule has 0 fully saturated rings. The first-order chi connectivity index (χ1) is 9.74. The van der Waals surface area contributed by atoms with Crippen molar-refractivity contribution >= 4 is 32.9 Å². The minimum atomic E-state index is 0.944. The van der Waals surface area contributed by atoms with Crippen molar-refractivity contribution < 1.29 is 0 Å². The Bertz CT molecular complexity index is 801. The normalized spacial score (nSPS) is 14.3. The summed E-state index contributed by atoms with van der Waals surface area (Å²) in [6.07, 6.45) is 2.96. The zero-order chi connectivity index (χ0) is 13.7.